The monoisotopic (exact) mass is 342 g/mol. The van der Waals surface area contributed by atoms with E-state index in [-0.39, 0.29) is 11.3 Å². The third-order valence-corrected chi connectivity index (χ3v) is 3.64. The molecular weight excluding hydrogens is 320 g/mol. The number of rotatable bonds is 4. The van der Waals surface area contributed by atoms with Crippen LogP contribution in [0.25, 0.3) is 6.08 Å². The second-order valence-corrected chi connectivity index (χ2v) is 6.68. The molecule has 0 aliphatic heterocycles. The van der Waals surface area contributed by atoms with Crippen LogP contribution < -0.4 is 10.8 Å². The lowest BCUT2D eigenvalue weighted by Crippen LogP contribution is -2.15. The van der Waals surface area contributed by atoms with Gasteiger partial charge in [-0.2, -0.15) is 0 Å². The highest BCUT2D eigenvalue weighted by Crippen LogP contribution is 2.28. The van der Waals surface area contributed by atoms with E-state index >= 15 is 0 Å². The van der Waals surface area contributed by atoms with Crippen LogP contribution >= 0.6 is 0 Å². The van der Waals surface area contributed by atoms with Crippen molar-refractivity contribution in [3.05, 3.63) is 59.1 Å². The number of carbonyl (C=O) groups is 2. The first kappa shape index (κ1) is 18.5. The van der Waals surface area contributed by atoms with Crippen molar-refractivity contribution in [2.45, 2.75) is 33.1 Å². The summed E-state index contributed by atoms with van der Waals surface area (Å²) in [5.41, 5.74) is 2.98. The number of nitrogens with one attached hydrogen (secondary N) is 2. The molecule has 0 spiro atoms. The molecule has 2 aromatic rings. The van der Waals surface area contributed by atoms with Crippen LogP contribution in [0.4, 0.5) is 5.69 Å². The van der Waals surface area contributed by atoms with Crippen molar-refractivity contribution in [2.75, 3.05) is 5.32 Å². The molecule has 0 saturated heterocycles. The number of hydroxylamine groups is 1. The van der Waals surface area contributed by atoms with E-state index < -0.39 is 5.91 Å². The normalized spacial score (nSPS) is 11.6. The second-order valence-electron chi connectivity index (χ2n) is 6.68. The lowest BCUT2D eigenvalue weighted by Gasteiger charge is -2.13. The zero-order chi connectivity index (χ0) is 18.6. The summed E-state index contributed by atoms with van der Waals surface area (Å²) in [7, 11) is 0. The first-order chi connectivity index (χ1) is 11.7. The summed E-state index contributed by atoms with van der Waals surface area (Å²) in [6.45, 7) is 7.79. The molecule has 132 valence electrons. The van der Waals surface area contributed by atoms with Crippen LogP contribution in [0.15, 0.2) is 40.8 Å². The fourth-order valence-electron chi connectivity index (χ4n) is 2.23. The first-order valence-electron chi connectivity index (χ1n) is 7.86. The number of amides is 2. The lowest BCUT2D eigenvalue weighted by atomic mass is 9.93. The molecule has 0 radical (unpaired) electrons. The van der Waals surface area contributed by atoms with E-state index in [1.54, 1.807) is 37.3 Å². The van der Waals surface area contributed by atoms with Gasteiger partial charge in [0.2, 0.25) is 0 Å². The van der Waals surface area contributed by atoms with Gasteiger partial charge in [-0.05, 0) is 30.7 Å². The Labute approximate surface area is 146 Å². The Kier molecular flexibility index (Phi) is 5.44. The van der Waals surface area contributed by atoms with Gasteiger partial charge in [0.25, 0.3) is 11.8 Å². The van der Waals surface area contributed by atoms with Gasteiger partial charge in [-0.1, -0.05) is 39.0 Å². The predicted molar refractivity (Wildman–Crippen MR) is 95.5 cm³/mol. The quantitative estimate of drug-likeness (QED) is 0.449. The van der Waals surface area contributed by atoms with E-state index in [0.29, 0.717) is 22.6 Å². The molecule has 0 bridgehead atoms. The molecule has 0 saturated carbocycles. The molecule has 1 aromatic heterocycles. The smallest absolute Gasteiger partial charge is 0.267 e. The fourth-order valence-corrected chi connectivity index (χ4v) is 2.23. The van der Waals surface area contributed by atoms with Crippen LogP contribution in [-0.4, -0.2) is 17.0 Å². The van der Waals surface area contributed by atoms with Crippen LogP contribution in [0, 0.1) is 6.92 Å². The van der Waals surface area contributed by atoms with Crippen LogP contribution in [0.2, 0.25) is 0 Å². The molecule has 0 fully saturated rings. The fraction of sp³-hybridized carbons (Fsp3) is 0.263. The molecule has 2 amide bonds. The topological polar surface area (TPSA) is 91.6 Å². The molecule has 6 heteroatoms. The third kappa shape index (κ3) is 4.58. The average Bonchev–Trinajstić information content (AvgIpc) is 2.96. The standard InChI is InChI=1S/C19H22N2O4/c1-12-14(11-16(25-12)19(2,3)4)18(23)20-15-8-6-5-7-13(15)9-10-17(22)21-24/h5-11,24H,1-4H3,(H,20,23)(H,21,22). The molecule has 0 aliphatic carbocycles. The Balaban J connectivity index is 2.26. The van der Waals surface area contributed by atoms with Crippen molar-refractivity contribution in [3.8, 4) is 0 Å². The summed E-state index contributed by atoms with van der Waals surface area (Å²) in [5, 5.41) is 11.4. The average molecular weight is 342 g/mol. The largest absolute Gasteiger partial charge is 0.465 e. The van der Waals surface area contributed by atoms with Crippen molar-refractivity contribution in [1.82, 2.24) is 5.48 Å². The molecule has 6 nitrogen and oxygen atoms in total. The maximum absolute atomic E-state index is 12.6. The molecule has 0 aliphatic rings. The minimum Gasteiger partial charge on any atom is -0.465 e. The molecule has 2 rings (SSSR count). The maximum atomic E-state index is 12.6. The number of hydrogen-bond acceptors (Lipinski definition) is 4. The lowest BCUT2D eigenvalue weighted by molar-refractivity contribution is -0.124. The molecule has 0 atom stereocenters. The summed E-state index contributed by atoms with van der Waals surface area (Å²) in [5.74, 6) is 0.351. The van der Waals surface area contributed by atoms with E-state index in [4.69, 9.17) is 9.62 Å². The van der Waals surface area contributed by atoms with Crippen molar-refractivity contribution in [2.24, 2.45) is 0 Å². The molecule has 1 aromatic carbocycles. The van der Waals surface area contributed by atoms with Crippen molar-refractivity contribution in [1.29, 1.82) is 0 Å². The van der Waals surface area contributed by atoms with Gasteiger partial charge >= 0.3 is 0 Å². The van der Waals surface area contributed by atoms with Gasteiger partial charge in [0.15, 0.2) is 0 Å². The summed E-state index contributed by atoms with van der Waals surface area (Å²) in [6.07, 6.45) is 2.68. The minimum atomic E-state index is -0.651. The van der Waals surface area contributed by atoms with Gasteiger partial charge in [-0.3, -0.25) is 14.8 Å². The van der Waals surface area contributed by atoms with Gasteiger partial charge in [0.05, 0.1) is 5.56 Å². The number of hydrogen-bond donors (Lipinski definition) is 3. The Bertz CT molecular complexity index is 813. The minimum absolute atomic E-state index is 0.193. The van der Waals surface area contributed by atoms with E-state index in [0.717, 1.165) is 5.76 Å². The Hall–Kier alpha value is -2.86. The predicted octanol–water partition coefficient (Wildman–Crippen LogP) is 3.66. The highest BCUT2D eigenvalue weighted by molar-refractivity contribution is 6.06. The van der Waals surface area contributed by atoms with E-state index in [1.165, 1.54) is 17.6 Å². The molecule has 3 N–H and O–H groups in total. The van der Waals surface area contributed by atoms with Crippen molar-refractivity contribution >= 4 is 23.6 Å². The molecular formula is C19H22N2O4. The number of anilines is 1. The molecule has 25 heavy (non-hydrogen) atoms. The van der Waals surface area contributed by atoms with Gasteiger partial charge in [0, 0.05) is 17.2 Å². The van der Waals surface area contributed by atoms with Gasteiger partial charge in [-0.25, -0.2) is 5.48 Å². The highest BCUT2D eigenvalue weighted by Gasteiger charge is 2.23. The van der Waals surface area contributed by atoms with Crippen LogP contribution in [0.5, 0.6) is 0 Å². The summed E-state index contributed by atoms with van der Waals surface area (Å²) in [4.78, 5) is 23.7. The van der Waals surface area contributed by atoms with Crippen molar-refractivity contribution < 1.29 is 19.2 Å². The van der Waals surface area contributed by atoms with E-state index in [2.05, 4.69) is 5.32 Å². The molecule has 0 unspecified atom stereocenters. The Morgan fingerprint density at radius 2 is 1.88 bits per heavy atom. The van der Waals surface area contributed by atoms with Gasteiger partial charge in [-0.15, -0.1) is 0 Å². The zero-order valence-electron chi connectivity index (χ0n) is 14.7. The SMILES string of the molecule is Cc1oc(C(C)(C)C)cc1C(=O)Nc1ccccc1C=CC(=O)NO. The Morgan fingerprint density at radius 1 is 1.20 bits per heavy atom. The molecule has 1 heterocycles. The highest BCUT2D eigenvalue weighted by atomic mass is 16.5. The van der Waals surface area contributed by atoms with Crippen molar-refractivity contribution in [3.63, 3.8) is 0 Å². The first-order valence-corrected chi connectivity index (χ1v) is 7.86. The van der Waals surface area contributed by atoms with Crippen LogP contribution in [-0.2, 0) is 10.2 Å². The zero-order valence-corrected chi connectivity index (χ0v) is 14.7. The van der Waals surface area contributed by atoms with Crippen LogP contribution in [0.1, 0.15) is 48.2 Å². The van der Waals surface area contributed by atoms with E-state index in [9.17, 15) is 9.59 Å². The van der Waals surface area contributed by atoms with E-state index in [1.807, 2.05) is 20.8 Å². The van der Waals surface area contributed by atoms with Gasteiger partial charge < -0.3 is 9.73 Å². The number of carbonyl (C=O) groups excluding carboxylic acids is 2. The number of para-hydroxylation sites is 1. The summed E-state index contributed by atoms with van der Waals surface area (Å²) in [6, 6.07) is 8.80. The number of furan rings is 1. The summed E-state index contributed by atoms with van der Waals surface area (Å²) < 4.78 is 5.71. The Morgan fingerprint density at radius 3 is 2.48 bits per heavy atom. The van der Waals surface area contributed by atoms with Gasteiger partial charge in [0.1, 0.15) is 11.5 Å². The second kappa shape index (κ2) is 7.36. The number of benzene rings is 1. The van der Waals surface area contributed by atoms with Crippen LogP contribution in [0.3, 0.4) is 0 Å². The third-order valence-electron chi connectivity index (χ3n) is 3.64. The number of aryl methyl sites for hydroxylation is 1. The summed E-state index contributed by atoms with van der Waals surface area (Å²) >= 11 is 0. The maximum Gasteiger partial charge on any atom is 0.267 e.